The van der Waals surface area contributed by atoms with Gasteiger partial charge in [-0.25, -0.2) is 0 Å². The van der Waals surface area contributed by atoms with Crippen molar-refractivity contribution in [2.24, 2.45) is 5.92 Å². The molecule has 1 aromatic rings. The van der Waals surface area contributed by atoms with Crippen molar-refractivity contribution in [2.45, 2.75) is 19.8 Å². The Bertz CT molecular complexity index is 379. The molecule has 0 saturated heterocycles. The van der Waals surface area contributed by atoms with Crippen LogP contribution >= 0.6 is 0 Å². The second kappa shape index (κ2) is 6.01. The zero-order valence-electron chi connectivity index (χ0n) is 9.48. The first kappa shape index (κ1) is 12.4. The molecule has 16 heavy (non-hydrogen) atoms. The van der Waals surface area contributed by atoms with Crippen molar-refractivity contribution in [3.63, 3.8) is 0 Å². The quantitative estimate of drug-likeness (QED) is 0.416. The first-order valence-corrected chi connectivity index (χ1v) is 5.43. The smallest absolute Gasteiger partial charge is 0.173 e. The van der Waals surface area contributed by atoms with Crippen LogP contribution in [0.15, 0.2) is 43.0 Å². The maximum atomic E-state index is 12.1. The van der Waals surface area contributed by atoms with E-state index in [0.717, 1.165) is 0 Å². The van der Waals surface area contributed by atoms with Gasteiger partial charge < -0.3 is 0 Å². The first-order valence-electron chi connectivity index (χ1n) is 5.43. The van der Waals surface area contributed by atoms with Gasteiger partial charge in [-0.05, 0) is 6.42 Å². The first-order chi connectivity index (χ1) is 7.70. The lowest BCUT2D eigenvalue weighted by Crippen LogP contribution is -2.23. The Morgan fingerprint density at radius 1 is 1.31 bits per heavy atom. The van der Waals surface area contributed by atoms with E-state index in [1.807, 2.05) is 6.07 Å². The van der Waals surface area contributed by atoms with E-state index in [4.69, 9.17) is 0 Å². The molecule has 0 aromatic heterocycles. The van der Waals surface area contributed by atoms with Gasteiger partial charge in [-0.2, -0.15) is 0 Å². The highest BCUT2D eigenvalue weighted by atomic mass is 16.1. The van der Waals surface area contributed by atoms with Gasteiger partial charge in [-0.1, -0.05) is 43.3 Å². The summed E-state index contributed by atoms with van der Waals surface area (Å²) in [5.74, 6) is -0.689. The van der Waals surface area contributed by atoms with Crippen molar-refractivity contribution in [3.8, 4) is 0 Å². The number of rotatable bonds is 6. The normalized spacial score (nSPS) is 11.8. The van der Waals surface area contributed by atoms with Gasteiger partial charge in [0.1, 0.15) is 5.78 Å². The van der Waals surface area contributed by atoms with Gasteiger partial charge in [-0.3, -0.25) is 9.59 Å². The molecule has 1 atom stereocenters. The fourth-order valence-electron chi connectivity index (χ4n) is 1.60. The van der Waals surface area contributed by atoms with Crippen molar-refractivity contribution in [3.05, 3.63) is 48.6 Å². The molecule has 2 nitrogen and oxygen atoms in total. The Balaban J connectivity index is 2.91. The third-order valence-corrected chi connectivity index (χ3v) is 2.51. The van der Waals surface area contributed by atoms with Gasteiger partial charge in [0.2, 0.25) is 0 Å². The summed E-state index contributed by atoms with van der Waals surface area (Å²) in [6, 6.07) is 8.92. The van der Waals surface area contributed by atoms with Crippen LogP contribution in [0.25, 0.3) is 0 Å². The van der Waals surface area contributed by atoms with Crippen LogP contribution in [-0.4, -0.2) is 11.6 Å². The number of allylic oxidation sites excluding steroid dienone is 1. The summed E-state index contributed by atoms with van der Waals surface area (Å²) < 4.78 is 0. The summed E-state index contributed by atoms with van der Waals surface area (Å²) in [4.78, 5) is 23.7. The largest absolute Gasteiger partial charge is 0.299 e. The third-order valence-electron chi connectivity index (χ3n) is 2.51. The molecule has 0 bridgehead atoms. The number of benzene rings is 1. The second-order valence-electron chi connectivity index (χ2n) is 3.63. The minimum atomic E-state index is -0.565. The summed E-state index contributed by atoms with van der Waals surface area (Å²) in [6.07, 6.45) is 2.43. The van der Waals surface area contributed by atoms with E-state index < -0.39 is 5.92 Å². The molecule has 0 amide bonds. The number of carbonyl (C=O) groups is 2. The van der Waals surface area contributed by atoms with E-state index in [1.54, 1.807) is 37.3 Å². The van der Waals surface area contributed by atoms with Crippen LogP contribution in [0, 0.1) is 5.92 Å². The molecule has 0 aliphatic rings. The topological polar surface area (TPSA) is 34.1 Å². The molecule has 0 fully saturated rings. The highest BCUT2D eigenvalue weighted by molar-refractivity contribution is 6.10. The number of hydrogen-bond acceptors (Lipinski definition) is 2. The molecule has 1 rings (SSSR count). The molecule has 0 N–H and O–H groups in total. The lowest BCUT2D eigenvalue weighted by atomic mass is 9.90. The van der Waals surface area contributed by atoms with Crippen molar-refractivity contribution < 1.29 is 9.59 Å². The minimum Gasteiger partial charge on any atom is -0.299 e. The molecule has 0 aliphatic heterocycles. The van der Waals surface area contributed by atoms with Gasteiger partial charge in [-0.15, -0.1) is 6.58 Å². The van der Waals surface area contributed by atoms with Crippen LogP contribution in [0.3, 0.4) is 0 Å². The van der Waals surface area contributed by atoms with Crippen LogP contribution in [0.2, 0.25) is 0 Å². The van der Waals surface area contributed by atoms with Gasteiger partial charge in [0.15, 0.2) is 5.78 Å². The van der Waals surface area contributed by atoms with Crippen LogP contribution in [0.5, 0.6) is 0 Å². The molecule has 0 heterocycles. The maximum Gasteiger partial charge on any atom is 0.173 e. The molecule has 1 unspecified atom stereocenters. The number of carbonyl (C=O) groups excluding carboxylic acids is 2. The van der Waals surface area contributed by atoms with Crippen molar-refractivity contribution >= 4 is 11.6 Å². The number of hydrogen-bond donors (Lipinski definition) is 0. The van der Waals surface area contributed by atoms with E-state index in [0.29, 0.717) is 18.4 Å². The second-order valence-corrected chi connectivity index (χ2v) is 3.63. The molecule has 0 radical (unpaired) electrons. The van der Waals surface area contributed by atoms with Crippen LogP contribution in [-0.2, 0) is 4.79 Å². The average Bonchev–Trinajstić information content (AvgIpc) is 2.35. The standard InChI is InChI=1S/C14H16O2/c1-3-8-12(13(15)4-2)14(16)11-9-6-5-7-10-11/h3,5-7,9-10,12H,1,4,8H2,2H3. The minimum absolute atomic E-state index is 0.0197. The summed E-state index contributed by atoms with van der Waals surface area (Å²) in [5.41, 5.74) is 0.594. The van der Waals surface area contributed by atoms with E-state index in [9.17, 15) is 9.59 Å². The van der Waals surface area contributed by atoms with Gasteiger partial charge >= 0.3 is 0 Å². The maximum absolute atomic E-state index is 12.1. The van der Waals surface area contributed by atoms with E-state index in [-0.39, 0.29) is 11.6 Å². The van der Waals surface area contributed by atoms with Crippen molar-refractivity contribution in [1.29, 1.82) is 0 Å². The van der Waals surface area contributed by atoms with Crippen LogP contribution in [0.4, 0.5) is 0 Å². The summed E-state index contributed by atoms with van der Waals surface area (Å²) >= 11 is 0. The van der Waals surface area contributed by atoms with E-state index >= 15 is 0 Å². The zero-order chi connectivity index (χ0) is 12.0. The molecule has 84 valence electrons. The summed E-state index contributed by atoms with van der Waals surface area (Å²) in [6.45, 7) is 5.36. The van der Waals surface area contributed by atoms with E-state index in [1.165, 1.54) is 0 Å². The predicted molar refractivity (Wildman–Crippen MR) is 64.4 cm³/mol. The number of ketones is 2. The Kier molecular flexibility index (Phi) is 4.65. The third kappa shape index (κ3) is 2.89. The fraction of sp³-hybridized carbons (Fsp3) is 0.286. The Labute approximate surface area is 96.0 Å². The average molecular weight is 216 g/mol. The van der Waals surface area contributed by atoms with Gasteiger partial charge in [0, 0.05) is 12.0 Å². The lowest BCUT2D eigenvalue weighted by molar-refractivity contribution is -0.121. The number of Topliss-reactive ketones (excluding diaryl/α,β-unsaturated/α-hetero) is 2. The Morgan fingerprint density at radius 2 is 1.94 bits per heavy atom. The van der Waals surface area contributed by atoms with Gasteiger partial charge in [0.25, 0.3) is 0 Å². The molecule has 0 spiro atoms. The molecule has 1 aromatic carbocycles. The molecule has 0 saturated carbocycles. The summed E-state index contributed by atoms with van der Waals surface area (Å²) in [5, 5.41) is 0. The lowest BCUT2D eigenvalue weighted by Gasteiger charge is -2.11. The van der Waals surface area contributed by atoms with Crippen LogP contribution in [0.1, 0.15) is 30.1 Å². The molecule has 2 heteroatoms. The molecular formula is C14H16O2. The van der Waals surface area contributed by atoms with Crippen molar-refractivity contribution in [2.75, 3.05) is 0 Å². The monoisotopic (exact) mass is 216 g/mol. The van der Waals surface area contributed by atoms with Crippen LogP contribution < -0.4 is 0 Å². The SMILES string of the molecule is C=CCC(C(=O)CC)C(=O)c1ccccc1. The highest BCUT2D eigenvalue weighted by Gasteiger charge is 2.24. The zero-order valence-corrected chi connectivity index (χ0v) is 9.48. The Morgan fingerprint density at radius 3 is 2.44 bits per heavy atom. The van der Waals surface area contributed by atoms with Gasteiger partial charge in [0.05, 0.1) is 5.92 Å². The molecular weight excluding hydrogens is 200 g/mol. The molecule has 0 aliphatic carbocycles. The highest BCUT2D eigenvalue weighted by Crippen LogP contribution is 2.15. The summed E-state index contributed by atoms with van der Waals surface area (Å²) in [7, 11) is 0. The fourth-order valence-corrected chi connectivity index (χ4v) is 1.60. The van der Waals surface area contributed by atoms with E-state index in [2.05, 4.69) is 6.58 Å². The Hall–Kier alpha value is -1.70. The van der Waals surface area contributed by atoms with Crippen molar-refractivity contribution in [1.82, 2.24) is 0 Å². The predicted octanol–water partition coefficient (Wildman–Crippen LogP) is 3.04.